The van der Waals surface area contributed by atoms with Crippen molar-refractivity contribution in [3.05, 3.63) is 34.4 Å². The molecule has 1 aliphatic rings. The van der Waals surface area contributed by atoms with Gasteiger partial charge in [0, 0.05) is 0 Å². The molecule has 0 N–H and O–H groups in total. The quantitative estimate of drug-likeness (QED) is 0.275. The molecule has 1 heterocycles. The number of esters is 1. The van der Waals surface area contributed by atoms with E-state index in [1.54, 1.807) is 19.1 Å². The van der Waals surface area contributed by atoms with Crippen LogP contribution in [0.3, 0.4) is 0 Å². The van der Waals surface area contributed by atoms with Gasteiger partial charge in [-0.25, -0.2) is 0 Å². The predicted molar refractivity (Wildman–Crippen MR) is 101 cm³/mol. The van der Waals surface area contributed by atoms with Gasteiger partial charge >= 0.3 is 161 Å². The molecule has 1 aromatic rings. The summed E-state index contributed by atoms with van der Waals surface area (Å²) in [4.78, 5) is 22.7. The summed E-state index contributed by atoms with van der Waals surface area (Å²) in [6.07, 6.45) is 1.88. The minimum atomic E-state index is -0.508. The molecule has 144 valence electrons. The number of hydrogen-bond donors (Lipinski definition) is 0. The first-order valence-electron chi connectivity index (χ1n) is 8.91. The van der Waals surface area contributed by atoms with Gasteiger partial charge in [0.2, 0.25) is 0 Å². The molecular weight excluding hydrogens is 401 g/mol. The number of ether oxygens (including phenoxy) is 2. The molecule has 7 heteroatoms. The SMILES string of the molecule is CCOC(=O)C[C@]1(C)C[C@@H](C)[C@](C)(CC[Se]c2ccccc2[N+](=O)[O-])O1. The Kier molecular flexibility index (Phi) is 6.83. The van der Waals surface area contributed by atoms with Crippen LogP contribution >= 0.6 is 0 Å². The molecule has 26 heavy (non-hydrogen) atoms. The number of carbonyl (C=O) groups excluding carboxylic acids is 1. The summed E-state index contributed by atoms with van der Waals surface area (Å²) in [6.45, 7) is 8.38. The van der Waals surface area contributed by atoms with E-state index < -0.39 is 5.60 Å². The van der Waals surface area contributed by atoms with Crippen LogP contribution in [-0.4, -0.2) is 43.7 Å². The molecule has 1 aliphatic heterocycles. The van der Waals surface area contributed by atoms with Crippen LogP contribution in [0.4, 0.5) is 5.69 Å². The van der Waals surface area contributed by atoms with E-state index in [2.05, 4.69) is 13.8 Å². The number of carbonyl (C=O) groups is 1. The van der Waals surface area contributed by atoms with Crippen LogP contribution in [0.5, 0.6) is 0 Å². The summed E-state index contributed by atoms with van der Waals surface area (Å²) in [5.41, 5.74) is -0.635. The van der Waals surface area contributed by atoms with Gasteiger partial charge < -0.3 is 0 Å². The van der Waals surface area contributed by atoms with E-state index in [4.69, 9.17) is 9.47 Å². The molecule has 0 amide bonds. The number of hydrogen-bond acceptors (Lipinski definition) is 5. The fourth-order valence-electron chi connectivity index (χ4n) is 3.59. The molecule has 1 aromatic carbocycles. The fraction of sp³-hybridized carbons (Fsp3) is 0.632. The number of rotatable bonds is 8. The third kappa shape index (κ3) is 5.06. The normalized spacial score (nSPS) is 28.1. The molecule has 0 bridgehead atoms. The minimum absolute atomic E-state index is 0.00981. The van der Waals surface area contributed by atoms with E-state index in [1.165, 1.54) is 0 Å². The molecular formula is C19H27NO5Se. The van der Waals surface area contributed by atoms with E-state index in [-0.39, 0.29) is 43.6 Å². The first kappa shape index (κ1) is 20.9. The number of benzene rings is 1. The number of nitro benzene ring substituents is 1. The van der Waals surface area contributed by atoms with E-state index in [9.17, 15) is 14.9 Å². The summed E-state index contributed by atoms with van der Waals surface area (Å²) in [7, 11) is 0. The topological polar surface area (TPSA) is 78.7 Å². The van der Waals surface area contributed by atoms with Crippen molar-refractivity contribution in [2.75, 3.05) is 6.61 Å². The zero-order chi connectivity index (χ0) is 19.4. The first-order valence-corrected chi connectivity index (χ1v) is 11.0. The summed E-state index contributed by atoms with van der Waals surface area (Å²) in [6, 6.07) is 6.94. The van der Waals surface area contributed by atoms with Crippen molar-refractivity contribution in [3.63, 3.8) is 0 Å². The second-order valence-electron chi connectivity index (χ2n) is 7.27. The van der Waals surface area contributed by atoms with Crippen LogP contribution in [0.1, 0.15) is 47.0 Å². The molecule has 2 rings (SSSR count). The van der Waals surface area contributed by atoms with Crippen molar-refractivity contribution in [2.45, 2.75) is 63.5 Å². The molecule has 0 aromatic heterocycles. The Morgan fingerprint density at radius 3 is 2.77 bits per heavy atom. The van der Waals surface area contributed by atoms with Gasteiger partial charge in [0.15, 0.2) is 0 Å². The van der Waals surface area contributed by atoms with Gasteiger partial charge in [0.1, 0.15) is 0 Å². The number of nitro groups is 1. The van der Waals surface area contributed by atoms with Gasteiger partial charge in [-0.2, -0.15) is 0 Å². The van der Waals surface area contributed by atoms with Gasteiger partial charge in [-0.3, -0.25) is 0 Å². The fourth-order valence-corrected chi connectivity index (χ4v) is 6.09. The molecule has 6 nitrogen and oxygen atoms in total. The zero-order valence-electron chi connectivity index (χ0n) is 15.8. The molecule has 1 saturated heterocycles. The van der Waals surface area contributed by atoms with E-state index in [0.29, 0.717) is 12.5 Å². The van der Waals surface area contributed by atoms with Gasteiger partial charge in [0.25, 0.3) is 0 Å². The van der Waals surface area contributed by atoms with Crippen molar-refractivity contribution in [3.8, 4) is 0 Å². The number of para-hydroxylation sites is 1. The average Bonchev–Trinajstić information content (AvgIpc) is 2.76. The Labute approximate surface area is 160 Å². The third-order valence-electron chi connectivity index (χ3n) is 5.00. The van der Waals surface area contributed by atoms with Crippen molar-refractivity contribution < 1.29 is 19.2 Å². The van der Waals surface area contributed by atoms with Gasteiger partial charge in [0.05, 0.1) is 0 Å². The second kappa shape index (κ2) is 8.51. The molecule has 3 atom stereocenters. The molecule has 0 saturated carbocycles. The Balaban J connectivity index is 1.97. The third-order valence-corrected chi connectivity index (χ3v) is 7.23. The Bertz CT molecular complexity index is 667. The maximum atomic E-state index is 11.9. The second-order valence-corrected chi connectivity index (χ2v) is 9.66. The van der Waals surface area contributed by atoms with E-state index in [1.807, 2.05) is 19.1 Å². The molecule has 0 radical (unpaired) electrons. The number of nitrogens with zero attached hydrogens (tertiary/aromatic N) is 1. The average molecular weight is 428 g/mol. The summed E-state index contributed by atoms with van der Waals surface area (Å²) >= 11 is 0.00981. The van der Waals surface area contributed by atoms with Crippen LogP contribution < -0.4 is 4.46 Å². The zero-order valence-corrected chi connectivity index (χ0v) is 17.5. The van der Waals surface area contributed by atoms with Crippen molar-refractivity contribution in [1.29, 1.82) is 0 Å². The molecule has 1 fully saturated rings. The van der Waals surface area contributed by atoms with Crippen LogP contribution in [0.25, 0.3) is 0 Å². The maximum absolute atomic E-state index is 11.9. The summed E-state index contributed by atoms with van der Waals surface area (Å²) in [5, 5.41) is 12.0. The predicted octanol–water partition coefficient (Wildman–Crippen LogP) is 3.26. The van der Waals surface area contributed by atoms with E-state index >= 15 is 0 Å². The van der Waals surface area contributed by atoms with Crippen LogP contribution in [0.15, 0.2) is 24.3 Å². The molecule has 0 spiro atoms. The molecule has 0 aliphatic carbocycles. The van der Waals surface area contributed by atoms with E-state index in [0.717, 1.165) is 22.6 Å². The monoisotopic (exact) mass is 429 g/mol. The van der Waals surface area contributed by atoms with Crippen LogP contribution in [0.2, 0.25) is 5.32 Å². The Hall–Kier alpha value is -1.43. The molecule has 0 unspecified atom stereocenters. The van der Waals surface area contributed by atoms with Crippen LogP contribution in [-0.2, 0) is 14.3 Å². The first-order chi connectivity index (χ1) is 12.2. The van der Waals surface area contributed by atoms with Crippen molar-refractivity contribution >= 4 is 31.1 Å². The Morgan fingerprint density at radius 1 is 1.42 bits per heavy atom. The van der Waals surface area contributed by atoms with Gasteiger partial charge in [-0.1, -0.05) is 0 Å². The summed E-state index contributed by atoms with van der Waals surface area (Å²) < 4.78 is 12.2. The van der Waals surface area contributed by atoms with Crippen LogP contribution in [0, 0.1) is 16.0 Å². The van der Waals surface area contributed by atoms with Crippen molar-refractivity contribution in [2.24, 2.45) is 5.92 Å². The standard InChI is InChI=1S/C19H27NO5Se/c1-5-24-17(21)13-18(3)12-14(2)19(4,25-18)10-11-26-16-9-7-6-8-15(16)20(22)23/h6-9,14H,5,10-13H2,1-4H3/t14-,18+,19+/m1/s1. The summed E-state index contributed by atoms with van der Waals surface area (Å²) in [5.74, 6) is 0.0825. The van der Waals surface area contributed by atoms with Gasteiger partial charge in [-0.05, 0) is 0 Å². The van der Waals surface area contributed by atoms with Gasteiger partial charge in [-0.15, -0.1) is 0 Å². The van der Waals surface area contributed by atoms with Crippen molar-refractivity contribution in [1.82, 2.24) is 0 Å². The Morgan fingerprint density at radius 2 is 2.12 bits per heavy atom.